The molecule has 0 saturated heterocycles. The number of hydrogen-bond acceptors (Lipinski definition) is 3. The molecule has 0 aliphatic rings. The van der Waals surface area contributed by atoms with Gasteiger partial charge >= 0.3 is 0 Å². The highest BCUT2D eigenvalue weighted by atomic mass is 32.2. The molecule has 1 rings (SSSR count). The van der Waals surface area contributed by atoms with Crippen LogP contribution < -0.4 is 5.32 Å². The lowest BCUT2D eigenvalue weighted by atomic mass is 10.1. The third-order valence-electron chi connectivity index (χ3n) is 2.39. The standard InChI is InChI=1S/C13H19NOS/c1-11-3-5-12(6-4-11)13(15)7-8-14-9-10-16-2/h3-6,14H,7-10H2,1-2H3. The van der Waals surface area contributed by atoms with Crippen molar-refractivity contribution >= 4 is 17.5 Å². The van der Waals surface area contributed by atoms with E-state index >= 15 is 0 Å². The Bertz CT molecular complexity index is 321. The van der Waals surface area contributed by atoms with Gasteiger partial charge in [-0.1, -0.05) is 29.8 Å². The molecular weight excluding hydrogens is 218 g/mol. The number of hydrogen-bond donors (Lipinski definition) is 1. The van der Waals surface area contributed by atoms with Gasteiger partial charge in [0, 0.05) is 30.8 Å². The fraction of sp³-hybridized carbons (Fsp3) is 0.462. The quantitative estimate of drug-likeness (QED) is 0.583. The fourth-order valence-electron chi connectivity index (χ4n) is 1.38. The van der Waals surface area contributed by atoms with E-state index in [-0.39, 0.29) is 5.78 Å². The molecule has 0 aromatic heterocycles. The second kappa shape index (κ2) is 7.47. The monoisotopic (exact) mass is 237 g/mol. The number of carbonyl (C=O) groups excluding carboxylic acids is 1. The van der Waals surface area contributed by atoms with Crippen LogP contribution in [0.3, 0.4) is 0 Å². The van der Waals surface area contributed by atoms with Gasteiger partial charge in [-0.15, -0.1) is 0 Å². The Morgan fingerprint density at radius 2 is 1.94 bits per heavy atom. The third-order valence-corrected chi connectivity index (χ3v) is 3.00. The zero-order chi connectivity index (χ0) is 11.8. The molecule has 1 aromatic rings. The summed E-state index contributed by atoms with van der Waals surface area (Å²) in [6.45, 7) is 3.77. The van der Waals surface area contributed by atoms with E-state index in [2.05, 4.69) is 11.6 Å². The first-order chi connectivity index (χ1) is 7.74. The highest BCUT2D eigenvalue weighted by molar-refractivity contribution is 7.98. The third kappa shape index (κ3) is 4.81. The largest absolute Gasteiger partial charge is 0.315 e. The van der Waals surface area contributed by atoms with E-state index < -0.39 is 0 Å². The maximum Gasteiger partial charge on any atom is 0.164 e. The van der Waals surface area contributed by atoms with Gasteiger partial charge in [-0.2, -0.15) is 11.8 Å². The van der Waals surface area contributed by atoms with Crippen molar-refractivity contribution in [3.8, 4) is 0 Å². The summed E-state index contributed by atoms with van der Waals surface area (Å²) >= 11 is 1.81. The normalized spacial score (nSPS) is 10.4. The lowest BCUT2D eigenvalue weighted by molar-refractivity contribution is 0.0983. The molecule has 0 saturated carbocycles. The van der Waals surface area contributed by atoms with Crippen molar-refractivity contribution in [1.29, 1.82) is 0 Å². The SMILES string of the molecule is CSCCNCCC(=O)c1ccc(C)cc1. The van der Waals surface area contributed by atoms with Crippen LogP contribution in [0.2, 0.25) is 0 Å². The molecule has 0 radical (unpaired) electrons. The maximum atomic E-state index is 11.7. The van der Waals surface area contributed by atoms with Crippen LogP contribution in [0.4, 0.5) is 0 Å². The summed E-state index contributed by atoms with van der Waals surface area (Å²) in [6.07, 6.45) is 2.66. The van der Waals surface area contributed by atoms with Crippen LogP contribution in [-0.4, -0.2) is 30.9 Å². The van der Waals surface area contributed by atoms with E-state index in [1.807, 2.05) is 43.0 Å². The molecule has 0 heterocycles. The highest BCUT2D eigenvalue weighted by Gasteiger charge is 2.04. The van der Waals surface area contributed by atoms with E-state index in [0.29, 0.717) is 6.42 Å². The van der Waals surface area contributed by atoms with E-state index in [9.17, 15) is 4.79 Å². The van der Waals surface area contributed by atoms with Gasteiger partial charge in [0.15, 0.2) is 5.78 Å². The predicted molar refractivity (Wildman–Crippen MR) is 71.4 cm³/mol. The Balaban J connectivity index is 2.27. The molecular formula is C13H19NOS. The Morgan fingerprint density at radius 1 is 1.25 bits per heavy atom. The van der Waals surface area contributed by atoms with Crippen molar-refractivity contribution in [3.05, 3.63) is 35.4 Å². The van der Waals surface area contributed by atoms with Crippen molar-refractivity contribution in [2.75, 3.05) is 25.1 Å². The maximum absolute atomic E-state index is 11.7. The van der Waals surface area contributed by atoms with E-state index in [1.54, 1.807) is 0 Å². The minimum atomic E-state index is 0.219. The first-order valence-electron chi connectivity index (χ1n) is 5.53. The zero-order valence-electron chi connectivity index (χ0n) is 9.95. The van der Waals surface area contributed by atoms with Crippen LogP contribution in [0.25, 0.3) is 0 Å². The van der Waals surface area contributed by atoms with Crippen LogP contribution in [0.5, 0.6) is 0 Å². The van der Waals surface area contributed by atoms with Gasteiger partial charge in [-0.3, -0.25) is 4.79 Å². The molecule has 0 amide bonds. The van der Waals surface area contributed by atoms with Gasteiger partial charge in [0.1, 0.15) is 0 Å². The molecule has 0 fully saturated rings. The van der Waals surface area contributed by atoms with Gasteiger partial charge < -0.3 is 5.32 Å². The molecule has 0 aliphatic heterocycles. The van der Waals surface area contributed by atoms with Gasteiger partial charge in [0.05, 0.1) is 0 Å². The van der Waals surface area contributed by atoms with Crippen molar-refractivity contribution < 1.29 is 4.79 Å². The van der Waals surface area contributed by atoms with Crippen molar-refractivity contribution in [1.82, 2.24) is 5.32 Å². The first-order valence-corrected chi connectivity index (χ1v) is 6.93. The number of thioether (sulfide) groups is 1. The molecule has 0 aliphatic carbocycles. The average molecular weight is 237 g/mol. The smallest absolute Gasteiger partial charge is 0.164 e. The molecule has 0 spiro atoms. The first kappa shape index (κ1) is 13.3. The van der Waals surface area contributed by atoms with Gasteiger partial charge in [0.2, 0.25) is 0 Å². The summed E-state index contributed by atoms with van der Waals surface area (Å²) < 4.78 is 0. The van der Waals surface area contributed by atoms with Crippen LogP contribution in [0, 0.1) is 6.92 Å². The fourth-order valence-corrected chi connectivity index (χ4v) is 1.73. The van der Waals surface area contributed by atoms with Gasteiger partial charge in [-0.05, 0) is 13.2 Å². The molecule has 2 nitrogen and oxygen atoms in total. The summed E-state index contributed by atoms with van der Waals surface area (Å²) in [6, 6.07) is 7.77. The minimum absolute atomic E-state index is 0.219. The topological polar surface area (TPSA) is 29.1 Å². The minimum Gasteiger partial charge on any atom is -0.315 e. The Labute approximate surface area is 102 Å². The number of aryl methyl sites for hydroxylation is 1. The zero-order valence-corrected chi connectivity index (χ0v) is 10.8. The number of ketones is 1. The number of benzene rings is 1. The van der Waals surface area contributed by atoms with Crippen molar-refractivity contribution in [2.45, 2.75) is 13.3 Å². The highest BCUT2D eigenvalue weighted by Crippen LogP contribution is 2.05. The van der Waals surface area contributed by atoms with Crippen LogP contribution >= 0.6 is 11.8 Å². The van der Waals surface area contributed by atoms with E-state index in [0.717, 1.165) is 24.4 Å². The Kier molecular flexibility index (Phi) is 6.19. The molecule has 88 valence electrons. The van der Waals surface area contributed by atoms with Crippen LogP contribution in [0.15, 0.2) is 24.3 Å². The second-order valence-electron chi connectivity index (χ2n) is 3.78. The summed E-state index contributed by atoms with van der Waals surface area (Å²) in [4.78, 5) is 11.7. The van der Waals surface area contributed by atoms with Crippen LogP contribution in [-0.2, 0) is 0 Å². The summed E-state index contributed by atoms with van der Waals surface area (Å²) in [7, 11) is 0. The van der Waals surface area contributed by atoms with Crippen molar-refractivity contribution in [2.24, 2.45) is 0 Å². The average Bonchev–Trinajstić information content (AvgIpc) is 2.29. The van der Waals surface area contributed by atoms with Gasteiger partial charge in [-0.25, -0.2) is 0 Å². The molecule has 0 atom stereocenters. The molecule has 3 heteroatoms. The summed E-state index contributed by atoms with van der Waals surface area (Å²) in [5.41, 5.74) is 2.01. The molecule has 0 unspecified atom stereocenters. The number of carbonyl (C=O) groups is 1. The lowest BCUT2D eigenvalue weighted by Crippen LogP contribution is -2.20. The molecule has 16 heavy (non-hydrogen) atoms. The predicted octanol–water partition coefficient (Wildman–Crippen LogP) is 2.52. The van der Waals surface area contributed by atoms with E-state index in [4.69, 9.17) is 0 Å². The summed E-state index contributed by atoms with van der Waals surface area (Å²) in [5, 5.41) is 3.26. The molecule has 1 N–H and O–H groups in total. The number of rotatable bonds is 7. The molecule has 1 aromatic carbocycles. The van der Waals surface area contributed by atoms with Crippen molar-refractivity contribution in [3.63, 3.8) is 0 Å². The summed E-state index contributed by atoms with van der Waals surface area (Å²) in [5.74, 6) is 1.32. The molecule has 0 bridgehead atoms. The number of nitrogens with one attached hydrogen (secondary N) is 1. The Morgan fingerprint density at radius 3 is 2.56 bits per heavy atom. The van der Waals surface area contributed by atoms with Gasteiger partial charge in [0.25, 0.3) is 0 Å². The number of Topliss-reactive ketones (excluding diaryl/α,β-unsaturated/α-hetero) is 1. The lowest BCUT2D eigenvalue weighted by Gasteiger charge is -2.03. The van der Waals surface area contributed by atoms with Crippen LogP contribution in [0.1, 0.15) is 22.3 Å². The Hall–Kier alpha value is -0.800. The second-order valence-corrected chi connectivity index (χ2v) is 4.77. The van der Waals surface area contributed by atoms with E-state index in [1.165, 1.54) is 5.56 Å².